The van der Waals surface area contributed by atoms with E-state index in [9.17, 15) is 0 Å². The maximum absolute atomic E-state index is 6.06. The Bertz CT molecular complexity index is 517. The summed E-state index contributed by atoms with van der Waals surface area (Å²) >= 11 is 0. The molecular formula is C16H25BN2O3. The molecule has 0 N–H and O–H groups in total. The van der Waals surface area contributed by atoms with E-state index >= 15 is 0 Å². The van der Waals surface area contributed by atoms with E-state index < -0.39 is 0 Å². The lowest BCUT2D eigenvalue weighted by Gasteiger charge is -2.32. The lowest BCUT2D eigenvalue weighted by Crippen LogP contribution is -2.42. The predicted molar refractivity (Wildman–Crippen MR) is 87.6 cm³/mol. The highest BCUT2D eigenvalue weighted by atomic mass is 16.7. The van der Waals surface area contributed by atoms with Gasteiger partial charge in [-0.2, -0.15) is 0 Å². The first-order valence-corrected chi connectivity index (χ1v) is 7.97. The lowest BCUT2D eigenvalue weighted by atomic mass is 9.80. The normalized spacial score (nSPS) is 27.2. The minimum Gasteiger partial charge on any atom is -0.399 e. The number of anilines is 1. The number of hydrogen-bond acceptors (Lipinski definition) is 5. The van der Waals surface area contributed by atoms with Crippen molar-refractivity contribution >= 4 is 18.4 Å². The fraction of sp³-hybridized carbons (Fsp3) is 0.688. The highest BCUT2D eigenvalue weighted by Gasteiger charge is 2.51. The summed E-state index contributed by atoms with van der Waals surface area (Å²) in [5.41, 5.74) is 0.315. The minimum atomic E-state index is -0.352. The highest BCUT2D eigenvalue weighted by molar-refractivity contribution is 6.62. The van der Waals surface area contributed by atoms with Gasteiger partial charge in [-0.1, -0.05) is 6.07 Å². The van der Waals surface area contributed by atoms with Crippen LogP contribution in [0.5, 0.6) is 0 Å². The Hall–Kier alpha value is -1.11. The minimum absolute atomic E-state index is 0.248. The number of pyridine rings is 1. The number of morpholine rings is 1. The second-order valence-corrected chi connectivity index (χ2v) is 7.17. The van der Waals surface area contributed by atoms with Crippen LogP contribution in [0.3, 0.4) is 0 Å². The molecule has 22 heavy (non-hydrogen) atoms. The van der Waals surface area contributed by atoms with Gasteiger partial charge in [-0.15, -0.1) is 0 Å². The van der Waals surface area contributed by atoms with Crippen molar-refractivity contribution in [3.63, 3.8) is 0 Å². The van der Waals surface area contributed by atoms with Crippen LogP contribution in [0.1, 0.15) is 34.6 Å². The topological polar surface area (TPSA) is 43.8 Å². The average Bonchev–Trinajstić information content (AvgIpc) is 2.68. The molecule has 0 spiro atoms. The summed E-state index contributed by atoms with van der Waals surface area (Å²) in [5.74, 6) is 0.982. The molecular weight excluding hydrogens is 279 g/mol. The van der Waals surface area contributed by atoms with Gasteiger partial charge >= 0.3 is 7.12 Å². The molecule has 0 amide bonds. The molecule has 0 bridgehead atoms. The Morgan fingerprint density at radius 3 is 2.41 bits per heavy atom. The monoisotopic (exact) mass is 304 g/mol. The van der Waals surface area contributed by atoms with Gasteiger partial charge in [-0.3, -0.25) is 0 Å². The maximum atomic E-state index is 6.06. The van der Waals surface area contributed by atoms with Crippen molar-refractivity contribution in [2.75, 3.05) is 24.6 Å². The van der Waals surface area contributed by atoms with Gasteiger partial charge in [0, 0.05) is 24.7 Å². The first kappa shape index (κ1) is 15.8. The number of nitrogens with zero attached hydrogens (tertiary/aromatic N) is 2. The largest absolute Gasteiger partial charge is 0.496 e. The molecule has 120 valence electrons. The first-order chi connectivity index (χ1) is 10.3. The smallest absolute Gasteiger partial charge is 0.399 e. The summed E-state index contributed by atoms with van der Waals surface area (Å²) < 4.78 is 17.7. The molecule has 0 radical (unpaired) electrons. The molecule has 1 unspecified atom stereocenters. The van der Waals surface area contributed by atoms with E-state index in [1.807, 2.05) is 18.3 Å². The maximum Gasteiger partial charge on any atom is 0.496 e. The fourth-order valence-corrected chi connectivity index (χ4v) is 2.73. The second-order valence-electron chi connectivity index (χ2n) is 7.17. The van der Waals surface area contributed by atoms with Crippen molar-refractivity contribution in [3.05, 3.63) is 18.3 Å². The molecule has 0 saturated carbocycles. The summed E-state index contributed by atoms with van der Waals surface area (Å²) in [5, 5.41) is 0. The summed E-state index contributed by atoms with van der Waals surface area (Å²) in [7, 11) is -0.352. The van der Waals surface area contributed by atoms with Gasteiger partial charge in [0.15, 0.2) is 0 Å². The standard InChI is InChI=1S/C16H25BN2O3/c1-12-11-19(8-9-20-12)14-7-6-13(10-18-14)17-21-15(2,3)16(4,5)22-17/h6-7,10,12H,8-9,11H2,1-5H3. The Morgan fingerprint density at radius 1 is 1.18 bits per heavy atom. The van der Waals surface area contributed by atoms with Crippen LogP contribution in [0.4, 0.5) is 5.82 Å². The van der Waals surface area contributed by atoms with Gasteiger partial charge < -0.3 is 18.9 Å². The second kappa shape index (κ2) is 5.51. The molecule has 6 heteroatoms. The SMILES string of the molecule is CC1CN(c2ccc(B3OC(C)(C)C(C)(C)O3)cn2)CCO1. The Kier molecular flexibility index (Phi) is 3.95. The van der Waals surface area contributed by atoms with Crippen LogP contribution >= 0.6 is 0 Å². The average molecular weight is 304 g/mol. The Balaban J connectivity index is 1.72. The van der Waals surface area contributed by atoms with Gasteiger partial charge in [0.1, 0.15) is 5.82 Å². The van der Waals surface area contributed by atoms with Crippen LogP contribution in [-0.2, 0) is 14.0 Å². The van der Waals surface area contributed by atoms with Crippen molar-refractivity contribution in [1.82, 2.24) is 4.98 Å². The third-order valence-corrected chi connectivity index (χ3v) is 4.86. The number of rotatable bonds is 2. The summed E-state index contributed by atoms with van der Waals surface area (Å²) in [6.07, 6.45) is 2.11. The van der Waals surface area contributed by atoms with E-state index in [-0.39, 0.29) is 24.4 Å². The van der Waals surface area contributed by atoms with E-state index in [0.29, 0.717) is 0 Å². The van der Waals surface area contributed by atoms with Gasteiger partial charge in [-0.05, 0) is 40.7 Å². The molecule has 2 aliphatic rings. The van der Waals surface area contributed by atoms with Crippen LogP contribution in [0.25, 0.3) is 0 Å². The lowest BCUT2D eigenvalue weighted by molar-refractivity contribution is 0.00578. The van der Waals surface area contributed by atoms with Gasteiger partial charge in [-0.25, -0.2) is 4.98 Å². The zero-order valence-electron chi connectivity index (χ0n) is 14.1. The molecule has 2 saturated heterocycles. The van der Waals surface area contributed by atoms with Crippen LogP contribution in [0.2, 0.25) is 0 Å². The first-order valence-electron chi connectivity index (χ1n) is 7.97. The van der Waals surface area contributed by atoms with Crippen molar-refractivity contribution in [1.29, 1.82) is 0 Å². The summed E-state index contributed by atoms with van der Waals surface area (Å²) in [6, 6.07) is 4.09. The molecule has 2 aliphatic heterocycles. The van der Waals surface area contributed by atoms with Crippen molar-refractivity contribution in [2.45, 2.75) is 51.9 Å². The molecule has 2 fully saturated rings. The zero-order chi connectivity index (χ0) is 16.0. The Labute approximate surface area is 133 Å². The molecule has 1 atom stereocenters. The molecule has 0 aromatic carbocycles. The van der Waals surface area contributed by atoms with E-state index in [0.717, 1.165) is 31.0 Å². The van der Waals surface area contributed by atoms with Gasteiger partial charge in [0.05, 0.1) is 23.9 Å². The summed E-state index contributed by atoms with van der Waals surface area (Å²) in [6.45, 7) is 12.8. The van der Waals surface area contributed by atoms with E-state index in [1.54, 1.807) is 0 Å². The zero-order valence-corrected chi connectivity index (χ0v) is 14.1. The van der Waals surface area contributed by atoms with Gasteiger partial charge in [0.2, 0.25) is 0 Å². The fourth-order valence-electron chi connectivity index (χ4n) is 2.73. The van der Waals surface area contributed by atoms with E-state index in [2.05, 4.69) is 44.5 Å². The number of aromatic nitrogens is 1. The number of ether oxygens (including phenoxy) is 1. The van der Waals surface area contributed by atoms with Crippen LogP contribution in [0.15, 0.2) is 18.3 Å². The Morgan fingerprint density at radius 2 is 1.86 bits per heavy atom. The molecule has 1 aromatic rings. The van der Waals surface area contributed by atoms with Crippen molar-refractivity contribution < 1.29 is 14.0 Å². The molecule has 0 aliphatic carbocycles. The van der Waals surface area contributed by atoms with Crippen LogP contribution in [0, 0.1) is 0 Å². The molecule has 3 rings (SSSR count). The summed E-state index contributed by atoms with van der Waals surface area (Å²) in [4.78, 5) is 6.84. The van der Waals surface area contributed by atoms with Gasteiger partial charge in [0.25, 0.3) is 0 Å². The van der Waals surface area contributed by atoms with Crippen molar-refractivity contribution in [2.24, 2.45) is 0 Å². The molecule has 5 nitrogen and oxygen atoms in total. The third kappa shape index (κ3) is 2.87. The number of hydrogen-bond donors (Lipinski definition) is 0. The van der Waals surface area contributed by atoms with E-state index in [1.165, 1.54) is 0 Å². The predicted octanol–water partition coefficient (Wildman–Crippen LogP) is 1.61. The van der Waals surface area contributed by atoms with Crippen molar-refractivity contribution in [3.8, 4) is 0 Å². The van der Waals surface area contributed by atoms with Crippen LogP contribution < -0.4 is 10.4 Å². The highest BCUT2D eigenvalue weighted by Crippen LogP contribution is 2.36. The quantitative estimate of drug-likeness (QED) is 0.777. The van der Waals surface area contributed by atoms with Crippen LogP contribution in [-0.4, -0.2) is 49.1 Å². The molecule has 3 heterocycles. The third-order valence-electron chi connectivity index (χ3n) is 4.86. The molecule has 1 aromatic heterocycles. The van der Waals surface area contributed by atoms with E-state index in [4.69, 9.17) is 14.0 Å².